The van der Waals surface area contributed by atoms with Gasteiger partial charge in [0.1, 0.15) is 11.4 Å². The molecular formula is C6H5ClN2O3. The highest BCUT2D eigenvalue weighted by Gasteiger charge is 2.14. The SMILES string of the molecule is Nc1cc(Cl)c(O)cc1[N+](=O)[O-]. The number of phenols is 1. The first kappa shape index (κ1) is 8.61. The molecule has 0 atom stereocenters. The number of nitro benzene ring substituents is 1. The molecule has 0 fully saturated rings. The smallest absolute Gasteiger partial charge is 0.295 e. The van der Waals surface area contributed by atoms with Crippen molar-refractivity contribution >= 4 is 23.0 Å². The fourth-order valence-corrected chi connectivity index (χ4v) is 0.896. The third-order valence-electron chi connectivity index (χ3n) is 1.29. The van der Waals surface area contributed by atoms with Gasteiger partial charge in [-0.1, -0.05) is 11.6 Å². The van der Waals surface area contributed by atoms with E-state index in [1.165, 1.54) is 0 Å². The number of nitro groups is 1. The highest BCUT2D eigenvalue weighted by molar-refractivity contribution is 6.32. The highest BCUT2D eigenvalue weighted by atomic mass is 35.5. The van der Waals surface area contributed by atoms with Crippen LogP contribution < -0.4 is 5.73 Å². The van der Waals surface area contributed by atoms with Crippen molar-refractivity contribution < 1.29 is 10.0 Å². The normalized spacial score (nSPS) is 9.75. The number of halogens is 1. The van der Waals surface area contributed by atoms with Gasteiger partial charge in [0.25, 0.3) is 5.69 Å². The van der Waals surface area contributed by atoms with Gasteiger partial charge < -0.3 is 10.8 Å². The van der Waals surface area contributed by atoms with E-state index in [4.69, 9.17) is 22.4 Å². The van der Waals surface area contributed by atoms with Gasteiger partial charge >= 0.3 is 0 Å². The zero-order valence-corrected chi connectivity index (χ0v) is 6.58. The molecular weight excluding hydrogens is 184 g/mol. The zero-order valence-electron chi connectivity index (χ0n) is 5.82. The molecule has 0 unspecified atom stereocenters. The van der Waals surface area contributed by atoms with Crippen LogP contribution in [0.3, 0.4) is 0 Å². The van der Waals surface area contributed by atoms with Crippen molar-refractivity contribution in [2.45, 2.75) is 0 Å². The van der Waals surface area contributed by atoms with Crippen LogP contribution in [-0.4, -0.2) is 10.0 Å². The first-order chi connectivity index (χ1) is 5.52. The maximum atomic E-state index is 10.3. The third-order valence-corrected chi connectivity index (χ3v) is 1.60. The van der Waals surface area contributed by atoms with Crippen molar-refractivity contribution in [1.82, 2.24) is 0 Å². The summed E-state index contributed by atoms with van der Waals surface area (Å²) in [4.78, 5) is 9.57. The minimum atomic E-state index is -0.689. The van der Waals surface area contributed by atoms with E-state index in [0.717, 1.165) is 12.1 Å². The molecule has 0 aliphatic heterocycles. The Bertz CT molecular complexity index is 340. The van der Waals surface area contributed by atoms with Crippen LogP contribution in [0.25, 0.3) is 0 Å². The second-order valence-electron chi connectivity index (χ2n) is 2.12. The number of nitrogens with two attached hydrogens (primary N) is 1. The summed E-state index contributed by atoms with van der Waals surface area (Å²) < 4.78 is 0. The summed E-state index contributed by atoms with van der Waals surface area (Å²) >= 11 is 5.44. The predicted octanol–water partition coefficient (Wildman–Crippen LogP) is 1.54. The van der Waals surface area contributed by atoms with Crippen LogP contribution in [0.2, 0.25) is 5.02 Å². The Morgan fingerprint density at radius 3 is 2.67 bits per heavy atom. The number of rotatable bonds is 1. The molecule has 64 valence electrons. The summed E-state index contributed by atoms with van der Waals surface area (Å²) in [6, 6.07) is 2.05. The number of benzene rings is 1. The number of nitrogen functional groups attached to an aromatic ring is 1. The second kappa shape index (κ2) is 2.86. The van der Waals surface area contributed by atoms with E-state index >= 15 is 0 Å². The molecule has 0 amide bonds. The number of nitrogens with zero attached hydrogens (tertiary/aromatic N) is 1. The highest BCUT2D eigenvalue weighted by Crippen LogP contribution is 2.32. The molecule has 0 saturated heterocycles. The molecule has 0 aliphatic rings. The lowest BCUT2D eigenvalue weighted by molar-refractivity contribution is -0.384. The van der Waals surface area contributed by atoms with Gasteiger partial charge in [-0.3, -0.25) is 10.1 Å². The third kappa shape index (κ3) is 1.40. The fraction of sp³-hybridized carbons (Fsp3) is 0. The van der Waals surface area contributed by atoms with Crippen LogP contribution in [0, 0.1) is 10.1 Å². The number of aromatic hydroxyl groups is 1. The Balaban J connectivity index is 3.33. The molecule has 1 rings (SSSR count). The predicted molar refractivity (Wildman–Crippen MR) is 44.2 cm³/mol. The van der Waals surface area contributed by atoms with Gasteiger partial charge in [-0.25, -0.2) is 0 Å². The second-order valence-corrected chi connectivity index (χ2v) is 2.53. The summed E-state index contributed by atoms with van der Waals surface area (Å²) in [5.74, 6) is -0.349. The lowest BCUT2D eigenvalue weighted by Gasteiger charge is -1.99. The first-order valence-electron chi connectivity index (χ1n) is 2.94. The molecule has 0 radical (unpaired) electrons. The van der Waals surface area contributed by atoms with Crippen molar-refractivity contribution in [2.75, 3.05) is 5.73 Å². The van der Waals surface area contributed by atoms with Gasteiger partial charge in [0, 0.05) is 0 Å². The number of hydrogen-bond acceptors (Lipinski definition) is 4. The molecule has 0 heterocycles. The molecule has 1 aromatic rings. The summed E-state index contributed by atoms with van der Waals surface area (Å²) in [5.41, 5.74) is 4.84. The Kier molecular flexibility index (Phi) is 2.05. The van der Waals surface area contributed by atoms with Crippen molar-refractivity contribution in [1.29, 1.82) is 0 Å². The lowest BCUT2D eigenvalue weighted by Crippen LogP contribution is -1.94. The molecule has 3 N–H and O–H groups in total. The van der Waals surface area contributed by atoms with Crippen molar-refractivity contribution in [3.63, 3.8) is 0 Å². The van der Waals surface area contributed by atoms with Crippen LogP contribution in [0.5, 0.6) is 5.75 Å². The fourth-order valence-electron chi connectivity index (χ4n) is 0.724. The van der Waals surface area contributed by atoms with E-state index in [2.05, 4.69) is 0 Å². The largest absolute Gasteiger partial charge is 0.506 e. The van der Waals surface area contributed by atoms with Crippen LogP contribution >= 0.6 is 11.6 Å². The van der Waals surface area contributed by atoms with Gasteiger partial charge in [-0.15, -0.1) is 0 Å². The van der Waals surface area contributed by atoms with Gasteiger partial charge in [0.05, 0.1) is 16.0 Å². The quantitative estimate of drug-likeness (QED) is 0.303. The van der Waals surface area contributed by atoms with Crippen LogP contribution in [-0.2, 0) is 0 Å². The average Bonchev–Trinajstić information content (AvgIpc) is 1.96. The minimum absolute atomic E-state index is 0.00176. The molecule has 0 spiro atoms. The molecule has 0 aromatic heterocycles. The number of hydrogen-bond donors (Lipinski definition) is 2. The average molecular weight is 189 g/mol. The molecule has 6 heteroatoms. The van der Waals surface area contributed by atoms with E-state index < -0.39 is 4.92 Å². The Morgan fingerprint density at radius 1 is 1.58 bits per heavy atom. The summed E-state index contributed by atoms with van der Waals surface area (Å²) in [5, 5.41) is 19.2. The van der Waals surface area contributed by atoms with Crippen molar-refractivity contribution in [2.24, 2.45) is 0 Å². The first-order valence-corrected chi connectivity index (χ1v) is 3.32. The summed E-state index contributed by atoms with van der Waals surface area (Å²) in [6.07, 6.45) is 0. The minimum Gasteiger partial charge on any atom is -0.506 e. The Labute approximate surface area is 72.5 Å². The maximum absolute atomic E-state index is 10.3. The van der Waals surface area contributed by atoms with E-state index in [1.807, 2.05) is 0 Å². The topological polar surface area (TPSA) is 89.4 Å². The van der Waals surface area contributed by atoms with Gasteiger partial charge in [0.15, 0.2) is 0 Å². The summed E-state index contributed by atoms with van der Waals surface area (Å²) in [7, 11) is 0. The molecule has 5 nitrogen and oxygen atoms in total. The molecule has 1 aromatic carbocycles. The Morgan fingerprint density at radius 2 is 2.17 bits per heavy atom. The standard InChI is InChI=1S/C6H5ClN2O3/c7-3-1-4(8)5(9(11)12)2-6(3)10/h1-2,10H,8H2. The number of anilines is 1. The van der Waals surface area contributed by atoms with E-state index in [0.29, 0.717) is 0 Å². The number of phenolic OH excluding ortho intramolecular Hbond substituents is 1. The molecule has 0 bridgehead atoms. The monoisotopic (exact) mass is 188 g/mol. The van der Waals surface area contributed by atoms with Crippen LogP contribution in [0.1, 0.15) is 0 Å². The van der Waals surface area contributed by atoms with Gasteiger partial charge in [-0.05, 0) is 6.07 Å². The van der Waals surface area contributed by atoms with E-state index in [-0.39, 0.29) is 22.1 Å². The molecule has 0 saturated carbocycles. The van der Waals surface area contributed by atoms with Crippen molar-refractivity contribution in [3.05, 3.63) is 27.3 Å². The lowest BCUT2D eigenvalue weighted by atomic mass is 10.2. The van der Waals surface area contributed by atoms with Crippen LogP contribution in [0.15, 0.2) is 12.1 Å². The van der Waals surface area contributed by atoms with Gasteiger partial charge in [-0.2, -0.15) is 0 Å². The van der Waals surface area contributed by atoms with Gasteiger partial charge in [0.2, 0.25) is 0 Å². The molecule has 12 heavy (non-hydrogen) atoms. The van der Waals surface area contributed by atoms with Crippen molar-refractivity contribution in [3.8, 4) is 5.75 Å². The maximum Gasteiger partial charge on any atom is 0.295 e. The summed E-state index contributed by atoms with van der Waals surface area (Å²) in [6.45, 7) is 0. The zero-order chi connectivity index (χ0) is 9.30. The molecule has 0 aliphatic carbocycles. The Hall–Kier alpha value is -1.49. The van der Waals surface area contributed by atoms with E-state index in [9.17, 15) is 10.1 Å². The van der Waals surface area contributed by atoms with E-state index in [1.54, 1.807) is 0 Å². The van der Waals surface area contributed by atoms with Crippen LogP contribution in [0.4, 0.5) is 11.4 Å².